The van der Waals surface area contributed by atoms with Gasteiger partial charge in [0, 0.05) is 32.7 Å². The molecule has 0 spiro atoms. The van der Waals surface area contributed by atoms with Gasteiger partial charge in [0.25, 0.3) is 0 Å². The van der Waals surface area contributed by atoms with Gasteiger partial charge in [0.05, 0.1) is 5.56 Å². The summed E-state index contributed by atoms with van der Waals surface area (Å²) < 4.78 is 13.2. The minimum atomic E-state index is 0.300. The Bertz CT molecular complexity index is 3330. The first-order chi connectivity index (χ1) is 29.2. The highest BCUT2D eigenvalue weighted by Crippen LogP contribution is 2.45. The molecule has 0 saturated carbocycles. The second-order valence-corrected chi connectivity index (χ2v) is 15.5. The van der Waals surface area contributed by atoms with E-state index < -0.39 is 0 Å². The summed E-state index contributed by atoms with van der Waals surface area (Å²) in [5.74, 6) is 2.12. The Morgan fingerprint density at radius 2 is 1.02 bits per heavy atom. The van der Waals surface area contributed by atoms with Crippen LogP contribution in [0.3, 0.4) is 0 Å². The standard InChI is InChI=1S/C54H35N3O2/c1-4-13-34(14-5-1)37-24-26-48-46(30-37)47-32-44-39(31-50(47)58-48)29-38(40-19-10-11-20-41(40)44)27-33-23-25-49-45(28-33)42-21-12-22-43(51(42)59-49)54-56-52(35-15-6-2-7-16-35)55-53(57-54)36-17-8-3-9-18-36/h1-26,28,30-32,38H,27,29H2. The molecular formula is C54H35N3O2. The highest BCUT2D eigenvalue weighted by atomic mass is 16.3. The molecule has 0 bridgehead atoms. The summed E-state index contributed by atoms with van der Waals surface area (Å²) in [5, 5.41) is 4.44. The summed E-state index contributed by atoms with van der Waals surface area (Å²) in [5.41, 5.74) is 15.1. The molecule has 278 valence electrons. The fourth-order valence-corrected chi connectivity index (χ4v) is 9.11. The van der Waals surface area contributed by atoms with Crippen LogP contribution in [-0.2, 0) is 12.8 Å². The van der Waals surface area contributed by atoms with Crippen molar-refractivity contribution in [1.82, 2.24) is 15.0 Å². The van der Waals surface area contributed by atoms with Crippen molar-refractivity contribution in [3.8, 4) is 56.4 Å². The van der Waals surface area contributed by atoms with Crippen LogP contribution in [0, 0.1) is 0 Å². The fourth-order valence-electron chi connectivity index (χ4n) is 9.11. The molecule has 1 aliphatic carbocycles. The molecule has 0 fully saturated rings. The Hall–Kier alpha value is -7.63. The SMILES string of the molecule is c1ccc(-c2ccc3oc4cc5c(cc4c3c2)-c2ccccc2C(Cc2ccc3oc4c(-c6nc(-c7ccccc7)nc(-c7ccccc7)n6)cccc4c3c2)C5)cc1. The molecule has 8 aromatic carbocycles. The highest BCUT2D eigenvalue weighted by molar-refractivity contribution is 6.10. The predicted molar refractivity (Wildman–Crippen MR) is 238 cm³/mol. The van der Waals surface area contributed by atoms with Crippen LogP contribution in [0.5, 0.6) is 0 Å². The van der Waals surface area contributed by atoms with E-state index in [0.29, 0.717) is 23.4 Å². The van der Waals surface area contributed by atoms with E-state index in [1.54, 1.807) is 0 Å². The molecule has 5 heteroatoms. The first-order valence-electron chi connectivity index (χ1n) is 20.2. The Morgan fingerprint density at radius 1 is 0.407 bits per heavy atom. The molecule has 1 unspecified atom stereocenters. The summed E-state index contributed by atoms with van der Waals surface area (Å²) >= 11 is 0. The van der Waals surface area contributed by atoms with Crippen LogP contribution in [-0.4, -0.2) is 15.0 Å². The number of rotatable bonds is 6. The number of hydrogen-bond acceptors (Lipinski definition) is 5. The van der Waals surface area contributed by atoms with Gasteiger partial charge < -0.3 is 8.83 Å². The molecule has 0 aliphatic heterocycles. The molecule has 59 heavy (non-hydrogen) atoms. The zero-order valence-corrected chi connectivity index (χ0v) is 32.0. The molecule has 0 amide bonds. The van der Waals surface area contributed by atoms with E-state index in [2.05, 4.69) is 115 Å². The van der Waals surface area contributed by atoms with Crippen LogP contribution in [0.4, 0.5) is 0 Å². The van der Waals surface area contributed by atoms with Gasteiger partial charge in [-0.25, -0.2) is 15.0 Å². The zero-order valence-electron chi connectivity index (χ0n) is 32.0. The summed E-state index contributed by atoms with van der Waals surface area (Å²) in [7, 11) is 0. The van der Waals surface area contributed by atoms with Crippen LogP contribution >= 0.6 is 0 Å². The number of benzene rings is 8. The molecule has 0 N–H and O–H groups in total. The number of aromatic nitrogens is 3. The molecule has 3 aromatic heterocycles. The van der Waals surface area contributed by atoms with Crippen molar-refractivity contribution in [2.45, 2.75) is 18.8 Å². The largest absolute Gasteiger partial charge is 0.456 e. The Morgan fingerprint density at radius 3 is 1.78 bits per heavy atom. The van der Waals surface area contributed by atoms with Gasteiger partial charge >= 0.3 is 0 Å². The molecule has 11 aromatic rings. The Labute approximate surface area is 340 Å². The predicted octanol–water partition coefficient (Wildman–Crippen LogP) is 13.9. The van der Waals surface area contributed by atoms with Crippen molar-refractivity contribution in [3.05, 3.63) is 199 Å². The Kier molecular flexibility index (Phi) is 7.67. The van der Waals surface area contributed by atoms with E-state index >= 15 is 0 Å². The number of fused-ring (bicyclic) bond motifs is 9. The van der Waals surface area contributed by atoms with E-state index in [1.807, 2.05) is 66.7 Å². The third kappa shape index (κ3) is 5.73. The number of nitrogens with zero attached hydrogens (tertiary/aromatic N) is 3. The van der Waals surface area contributed by atoms with Gasteiger partial charge in [0.15, 0.2) is 17.5 Å². The van der Waals surface area contributed by atoms with Crippen LogP contribution in [0.15, 0.2) is 191 Å². The lowest BCUT2D eigenvalue weighted by Gasteiger charge is -2.28. The molecule has 5 nitrogen and oxygen atoms in total. The third-order valence-electron chi connectivity index (χ3n) is 11.9. The van der Waals surface area contributed by atoms with Gasteiger partial charge in [0.1, 0.15) is 22.3 Å². The first-order valence-corrected chi connectivity index (χ1v) is 20.2. The van der Waals surface area contributed by atoms with Crippen molar-refractivity contribution in [1.29, 1.82) is 0 Å². The van der Waals surface area contributed by atoms with E-state index in [0.717, 1.165) is 73.4 Å². The van der Waals surface area contributed by atoms with E-state index in [1.165, 1.54) is 38.9 Å². The van der Waals surface area contributed by atoms with Crippen LogP contribution < -0.4 is 0 Å². The van der Waals surface area contributed by atoms with E-state index in [4.69, 9.17) is 23.8 Å². The second-order valence-electron chi connectivity index (χ2n) is 15.5. The molecular weight excluding hydrogens is 723 g/mol. The number of hydrogen-bond donors (Lipinski definition) is 0. The summed E-state index contributed by atoms with van der Waals surface area (Å²) in [6, 6.07) is 63.7. The highest BCUT2D eigenvalue weighted by Gasteiger charge is 2.27. The fraction of sp³-hybridized carbons (Fsp3) is 0.0556. The topological polar surface area (TPSA) is 65.0 Å². The molecule has 0 saturated heterocycles. The lowest BCUT2D eigenvalue weighted by Crippen LogP contribution is -2.13. The maximum Gasteiger partial charge on any atom is 0.167 e. The van der Waals surface area contributed by atoms with E-state index in [9.17, 15) is 0 Å². The first kappa shape index (κ1) is 33.5. The maximum absolute atomic E-state index is 6.66. The zero-order chi connectivity index (χ0) is 38.9. The maximum atomic E-state index is 6.66. The lowest BCUT2D eigenvalue weighted by atomic mass is 9.76. The number of para-hydroxylation sites is 1. The normalized spacial score (nSPS) is 13.6. The molecule has 1 aliphatic rings. The minimum Gasteiger partial charge on any atom is -0.456 e. The summed E-state index contributed by atoms with van der Waals surface area (Å²) in [6.07, 6.45) is 1.82. The molecule has 0 radical (unpaired) electrons. The number of furan rings is 2. The molecule has 12 rings (SSSR count). The second kappa shape index (κ2) is 13.5. The van der Waals surface area contributed by atoms with Crippen LogP contribution in [0.25, 0.3) is 100 Å². The van der Waals surface area contributed by atoms with Crippen molar-refractivity contribution >= 4 is 43.9 Å². The van der Waals surface area contributed by atoms with Crippen molar-refractivity contribution < 1.29 is 8.83 Å². The van der Waals surface area contributed by atoms with Gasteiger partial charge in [-0.3, -0.25) is 0 Å². The van der Waals surface area contributed by atoms with Crippen molar-refractivity contribution in [3.63, 3.8) is 0 Å². The monoisotopic (exact) mass is 757 g/mol. The van der Waals surface area contributed by atoms with Gasteiger partial charge in [-0.15, -0.1) is 0 Å². The minimum absolute atomic E-state index is 0.300. The van der Waals surface area contributed by atoms with Gasteiger partial charge in [-0.05, 0) is 100 Å². The Balaban J connectivity index is 0.915. The van der Waals surface area contributed by atoms with E-state index in [-0.39, 0.29) is 0 Å². The summed E-state index contributed by atoms with van der Waals surface area (Å²) in [4.78, 5) is 14.9. The molecule has 1 atom stereocenters. The van der Waals surface area contributed by atoms with Gasteiger partial charge in [-0.2, -0.15) is 0 Å². The van der Waals surface area contributed by atoms with Crippen LogP contribution in [0.1, 0.15) is 22.6 Å². The smallest absolute Gasteiger partial charge is 0.167 e. The third-order valence-corrected chi connectivity index (χ3v) is 11.9. The van der Waals surface area contributed by atoms with Crippen molar-refractivity contribution in [2.24, 2.45) is 0 Å². The van der Waals surface area contributed by atoms with Crippen molar-refractivity contribution in [2.75, 3.05) is 0 Å². The average Bonchev–Trinajstić information content (AvgIpc) is 3.86. The van der Waals surface area contributed by atoms with Gasteiger partial charge in [-0.1, -0.05) is 140 Å². The average molecular weight is 758 g/mol. The van der Waals surface area contributed by atoms with Gasteiger partial charge in [0.2, 0.25) is 0 Å². The van der Waals surface area contributed by atoms with Crippen LogP contribution in [0.2, 0.25) is 0 Å². The lowest BCUT2D eigenvalue weighted by molar-refractivity contribution is 0.657. The quantitative estimate of drug-likeness (QED) is 0.169. The molecule has 3 heterocycles. The summed E-state index contributed by atoms with van der Waals surface area (Å²) in [6.45, 7) is 0.